The minimum Gasteiger partial charge on any atom is -0.492 e. The summed E-state index contributed by atoms with van der Waals surface area (Å²) < 4.78 is 19.4. The zero-order valence-corrected chi connectivity index (χ0v) is 15.0. The van der Waals surface area contributed by atoms with E-state index in [9.17, 15) is 14.3 Å². The predicted octanol–water partition coefficient (Wildman–Crippen LogP) is 2.90. The Kier molecular flexibility index (Phi) is 5.09. The molecule has 2 aliphatic rings. The number of carbonyl (C=O) groups is 1. The first kappa shape index (κ1) is 17.9. The van der Waals surface area contributed by atoms with Crippen molar-refractivity contribution in [1.82, 2.24) is 4.90 Å². The van der Waals surface area contributed by atoms with Gasteiger partial charge in [-0.25, -0.2) is 4.39 Å². The number of aryl methyl sites for hydroxylation is 1. The highest BCUT2D eigenvalue weighted by atomic mass is 19.1. The largest absolute Gasteiger partial charge is 0.492 e. The van der Waals surface area contributed by atoms with E-state index < -0.39 is 6.10 Å². The molecule has 0 radical (unpaired) electrons. The topological polar surface area (TPSA) is 61.8 Å². The highest BCUT2D eigenvalue weighted by Crippen LogP contribution is 2.32. The Bertz CT molecular complexity index is 842. The van der Waals surface area contributed by atoms with Gasteiger partial charge >= 0.3 is 0 Å². The van der Waals surface area contributed by atoms with Gasteiger partial charge in [-0.15, -0.1) is 0 Å². The van der Waals surface area contributed by atoms with Crippen LogP contribution in [-0.4, -0.2) is 41.7 Å². The molecular weight excluding hydrogens is 347 g/mol. The number of anilines is 1. The number of carbonyl (C=O) groups excluding carboxylic acids is 1. The molecule has 6 heteroatoms. The highest BCUT2D eigenvalue weighted by molar-refractivity contribution is 5.93. The summed E-state index contributed by atoms with van der Waals surface area (Å²) in [6.45, 7) is 1.68. The van der Waals surface area contributed by atoms with E-state index in [1.54, 1.807) is 6.07 Å². The number of benzene rings is 2. The molecule has 2 N–H and O–H groups in total. The summed E-state index contributed by atoms with van der Waals surface area (Å²) in [6, 6.07) is 12.3. The van der Waals surface area contributed by atoms with Crippen molar-refractivity contribution in [3.8, 4) is 5.75 Å². The maximum absolute atomic E-state index is 13.5. The van der Waals surface area contributed by atoms with Crippen LogP contribution in [0.25, 0.3) is 0 Å². The molecule has 27 heavy (non-hydrogen) atoms. The van der Waals surface area contributed by atoms with Gasteiger partial charge in [-0.3, -0.25) is 9.69 Å². The second-order valence-corrected chi connectivity index (χ2v) is 7.17. The van der Waals surface area contributed by atoms with Crippen LogP contribution in [-0.2, 0) is 11.2 Å². The van der Waals surface area contributed by atoms with Crippen molar-refractivity contribution in [3.05, 3.63) is 59.4 Å². The van der Waals surface area contributed by atoms with Crippen molar-refractivity contribution in [2.45, 2.75) is 31.4 Å². The fourth-order valence-corrected chi connectivity index (χ4v) is 3.92. The molecule has 0 aliphatic carbocycles. The molecule has 2 heterocycles. The summed E-state index contributed by atoms with van der Waals surface area (Å²) in [5, 5.41) is 12.9. The molecule has 2 aliphatic heterocycles. The van der Waals surface area contributed by atoms with E-state index in [1.165, 1.54) is 12.1 Å². The molecule has 5 nitrogen and oxygen atoms in total. The van der Waals surface area contributed by atoms with Crippen LogP contribution in [0.15, 0.2) is 42.5 Å². The van der Waals surface area contributed by atoms with Gasteiger partial charge in [0.25, 0.3) is 0 Å². The minimum atomic E-state index is -0.411. The van der Waals surface area contributed by atoms with Crippen LogP contribution >= 0.6 is 0 Å². The number of likely N-dealkylation sites (tertiary alicyclic amines) is 1. The third-order valence-corrected chi connectivity index (χ3v) is 5.23. The van der Waals surface area contributed by atoms with Gasteiger partial charge < -0.3 is 15.2 Å². The van der Waals surface area contributed by atoms with E-state index in [-0.39, 0.29) is 17.8 Å². The van der Waals surface area contributed by atoms with Crippen LogP contribution in [0.5, 0.6) is 5.75 Å². The second kappa shape index (κ2) is 7.66. The molecule has 0 saturated carbocycles. The number of ether oxygens (including phenoxy) is 1. The van der Waals surface area contributed by atoms with E-state index >= 15 is 0 Å². The summed E-state index contributed by atoms with van der Waals surface area (Å²) in [5.74, 6) is 0.561. The van der Waals surface area contributed by atoms with E-state index in [4.69, 9.17) is 4.74 Å². The number of aliphatic hydroxyl groups is 1. The Labute approximate surface area is 157 Å². The molecule has 2 atom stereocenters. The van der Waals surface area contributed by atoms with Gasteiger partial charge in [0.2, 0.25) is 5.91 Å². The van der Waals surface area contributed by atoms with Crippen LogP contribution < -0.4 is 10.1 Å². The van der Waals surface area contributed by atoms with Gasteiger partial charge in [0.05, 0.1) is 6.10 Å². The third-order valence-electron chi connectivity index (χ3n) is 5.23. The average molecular weight is 370 g/mol. The van der Waals surface area contributed by atoms with E-state index in [0.717, 1.165) is 29.0 Å². The number of nitrogens with one attached hydrogen (secondary N) is 1. The van der Waals surface area contributed by atoms with Gasteiger partial charge in [-0.1, -0.05) is 12.1 Å². The Balaban J connectivity index is 1.37. The quantitative estimate of drug-likeness (QED) is 0.850. The predicted molar refractivity (Wildman–Crippen MR) is 100 cm³/mol. The molecule has 0 aromatic heterocycles. The Morgan fingerprint density at radius 3 is 2.96 bits per heavy atom. The number of aliphatic hydroxyl groups excluding tert-OH is 1. The zero-order chi connectivity index (χ0) is 18.8. The van der Waals surface area contributed by atoms with Gasteiger partial charge in [0.15, 0.2) is 0 Å². The smallest absolute Gasteiger partial charge is 0.224 e. The van der Waals surface area contributed by atoms with Gasteiger partial charge in [-0.2, -0.15) is 0 Å². The lowest BCUT2D eigenvalue weighted by atomic mass is 10.0. The van der Waals surface area contributed by atoms with Crippen LogP contribution in [0.2, 0.25) is 0 Å². The van der Waals surface area contributed by atoms with Crippen LogP contribution in [0.1, 0.15) is 30.0 Å². The SMILES string of the molecule is O=C1CCc2cc(OCCN3CC(O)CC3c3cccc(F)c3)ccc2N1. The number of hydrogen-bond acceptors (Lipinski definition) is 4. The van der Waals surface area contributed by atoms with Gasteiger partial charge in [-0.05, 0) is 54.3 Å². The molecular formula is C21H23FN2O3. The normalized spacial score (nSPS) is 22.4. The van der Waals surface area contributed by atoms with E-state index in [2.05, 4.69) is 10.2 Å². The van der Waals surface area contributed by atoms with Crippen molar-refractivity contribution in [2.24, 2.45) is 0 Å². The van der Waals surface area contributed by atoms with Crippen molar-refractivity contribution >= 4 is 11.6 Å². The maximum atomic E-state index is 13.5. The Hall–Kier alpha value is -2.44. The summed E-state index contributed by atoms with van der Waals surface area (Å²) in [5.41, 5.74) is 2.82. The summed E-state index contributed by atoms with van der Waals surface area (Å²) in [4.78, 5) is 13.6. The number of nitrogens with zero attached hydrogens (tertiary/aromatic N) is 1. The standard InChI is InChI=1S/C21H23FN2O3/c22-16-3-1-2-15(10-16)20-12-17(25)13-24(20)8-9-27-18-5-6-19-14(11-18)4-7-21(26)23-19/h1-3,5-6,10-11,17,20,25H,4,7-9,12-13H2,(H,23,26). The van der Waals surface area contributed by atoms with E-state index in [0.29, 0.717) is 32.5 Å². The van der Waals surface area contributed by atoms with Crippen molar-refractivity contribution in [3.63, 3.8) is 0 Å². The monoisotopic (exact) mass is 370 g/mol. The summed E-state index contributed by atoms with van der Waals surface area (Å²) >= 11 is 0. The molecule has 1 saturated heterocycles. The highest BCUT2D eigenvalue weighted by Gasteiger charge is 2.31. The van der Waals surface area contributed by atoms with Crippen LogP contribution in [0, 0.1) is 5.82 Å². The fraction of sp³-hybridized carbons (Fsp3) is 0.381. The maximum Gasteiger partial charge on any atom is 0.224 e. The molecule has 4 rings (SSSR count). The Morgan fingerprint density at radius 1 is 1.22 bits per heavy atom. The molecule has 0 spiro atoms. The van der Waals surface area contributed by atoms with Crippen molar-refractivity contribution in [2.75, 3.05) is 25.0 Å². The summed E-state index contributed by atoms with van der Waals surface area (Å²) in [7, 11) is 0. The van der Waals surface area contributed by atoms with Crippen molar-refractivity contribution in [1.29, 1.82) is 0 Å². The summed E-state index contributed by atoms with van der Waals surface area (Å²) in [6.07, 6.45) is 1.41. The molecule has 2 unspecified atom stereocenters. The number of hydrogen-bond donors (Lipinski definition) is 2. The molecule has 0 bridgehead atoms. The van der Waals surface area contributed by atoms with Gasteiger partial charge in [0.1, 0.15) is 18.2 Å². The van der Waals surface area contributed by atoms with Crippen LogP contribution in [0.3, 0.4) is 0 Å². The molecule has 142 valence electrons. The molecule has 1 amide bonds. The van der Waals surface area contributed by atoms with Crippen molar-refractivity contribution < 1.29 is 19.0 Å². The number of fused-ring (bicyclic) bond motifs is 1. The number of rotatable bonds is 5. The Morgan fingerprint density at radius 2 is 2.11 bits per heavy atom. The lowest BCUT2D eigenvalue weighted by Gasteiger charge is -2.24. The van der Waals surface area contributed by atoms with Crippen LogP contribution in [0.4, 0.5) is 10.1 Å². The van der Waals surface area contributed by atoms with Gasteiger partial charge in [0, 0.05) is 31.2 Å². The molecule has 1 fully saturated rings. The first-order valence-corrected chi connectivity index (χ1v) is 9.31. The first-order chi connectivity index (χ1) is 13.1. The number of halogens is 1. The fourth-order valence-electron chi connectivity index (χ4n) is 3.92. The third kappa shape index (κ3) is 4.12. The average Bonchev–Trinajstić information content (AvgIpc) is 3.02. The number of β-amino-alcohol motifs (C(OH)–C–C–N with tert-alkyl or cyclic N) is 1. The number of amides is 1. The molecule has 2 aromatic rings. The zero-order valence-electron chi connectivity index (χ0n) is 15.0. The molecule has 2 aromatic carbocycles. The minimum absolute atomic E-state index is 0.00181. The lowest BCUT2D eigenvalue weighted by molar-refractivity contribution is -0.116. The lowest BCUT2D eigenvalue weighted by Crippen LogP contribution is -2.29. The van der Waals surface area contributed by atoms with E-state index in [1.807, 2.05) is 24.3 Å². The first-order valence-electron chi connectivity index (χ1n) is 9.31. The second-order valence-electron chi connectivity index (χ2n) is 7.17.